The first-order valence-corrected chi connectivity index (χ1v) is 15.7. The van der Waals surface area contributed by atoms with E-state index in [1.165, 1.54) is 24.1 Å². The van der Waals surface area contributed by atoms with Crippen molar-refractivity contribution in [2.24, 2.45) is 0 Å². The Morgan fingerprint density at radius 3 is 2.40 bits per heavy atom. The van der Waals surface area contributed by atoms with Crippen molar-refractivity contribution in [2.75, 3.05) is 21.2 Å². The fraction of sp³-hybridized carbons (Fsp3) is 0.290. The van der Waals surface area contributed by atoms with Gasteiger partial charge in [0.2, 0.25) is 0 Å². The van der Waals surface area contributed by atoms with Gasteiger partial charge in [-0.15, -0.1) is 0 Å². The number of aryl methyl sites for hydroxylation is 1. The average Bonchev–Trinajstić information content (AvgIpc) is 3.26. The summed E-state index contributed by atoms with van der Waals surface area (Å²) in [5, 5.41) is 4.77. The van der Waals surface area contributed by atoms with E-state index < -0.39 is 15.9 Å². The third-order valence-corrected chi connectivity index (χ3v) is 9.41. The van der Waals surface area contributed by atoms with Crippen LogP contribution in [0.3, 0.4) is 0 Å². The second kappa shape index (κ2) is 12.9. The molecular formula is C31H34Cl2N4O5S. The molecule has 0 aliphatic rings. The second-order valence-corrected chi connectivity index (χ2v) is 13.1. The van der Waals surface area contributed by atoms with Gasteiger partial charge in [-0.25, -0.2) is 17.9 Å². The summed E-state index contributed by atoms with van der Waals surface area (Å²) in [7, 11) is 0.762. The molecule has 0 bridgehead atoms. The quantitative estimate of drug-likeness (QED) is 0.198. The van der Waals surface area contributed by atoms with Gasteiger partial charge in [-0.3, -0.25) is 4.79 Å². The molecule has 0 saturated heterocycles. The number of nitrogens with one attached hydrogen (secondary N) is 3. The number of aromatic nitrogens is 1. The van der Waals surface area contributed by atoms with Gasteiger partial charge >= 0.3 is 6.03 Å². The Balaban J connectivity index is 1.65. The predicted molar refractivity (Wildman–Crippen MR) is 170 cm³/mol. The third kappa shape index (κ3) is 6.92. The predicted octanol–water partition coefficient (Wildman–Crippen LogP) is 6.26. The number of fused-ring (bicyclic) bond motifs is 1. The van der Waals surface area contributed by atoms with E-state index in [2.05, 4.69) is 15.0 Å². The van der Waals surface area contributed by atoms with Crippen molar-refractivity contribution in [3.63, 3.8) is 0 Å². The van der Waals surface area contributed by atoms with Gasteiger partial charge in [0.25, 0.3) is 15.9 Å². The molecule has 4 rings (SSSR count). The first-order valence-electron chi connectivity index (χ1n) is 13.5. The molecule has 12 heteroatoms. The van der Waals surface area contributed by atoms with Gasteiger partial charge < -0.3 is 19.9 Å². The first kappa shape index (κ1) is 32.2. The number of amides is 3. The van der Waals surface area contributed by atoms with Crippen molar-refractivity contribution < 1.29 is 22.7 Å². The first-order chi connectivity index (χ1) is 20.2. The molecule has 3 aromatic carbocycles. The molecule has 43 heavy (non-hydrogen) atoms. The minimum absolute atomic E-state index is 0.0310. The number of ether oxygens (including phenoxy) is 1. The van der Waals surface area contributed by atoms with Crippen LogP contribution in [0.2, 0.25) is 10.2 Å². The Morgan fingerprint density at radius 1 is 1.05 bits per heavy atom. The van der Waals surface area contributed by atoms with Crippen molar-refractivity contribution in [3.05, 3.63) is 92.6 Å². The highest BCUT2D eigenvalue weighted by molar-refractivity contribution is 7.90. The van der Waals surface area contributed by atoms with Crippen LogP contribution in [0.1, 0.15) is 52.4 Å². The molecule has 0 radical (unpaired) electrons. The lowest BCUT2D eigenvalue weighted by Gasteiger charge is -2.19. The van der Waals surface area contributed by atoms with Crippen LogP contribution < -0.4 is 14.8 Å². The summed E-state index contributed by atoms with van der Waals surface area (Å²) in [6, 6.07) is 14.6. The second-order valence-electron chi connectivity index (χ2n) is 10.7. The van der Waals surface area contributed by atoms with Gasteiger partial charge in [0.1, 0.15) is 10.9 Å². The van der Waals surface area contributed by atoms with Gasteiger partial charge in [-0.1, -0.05) is 54.4 Å². The number of hydrogen-bond donors (Lipinski definition) is 3. The summed E-state index contributed by atoms with van der Waals surface area (Å²) in [6.07, 6.45) is 0.503. The maximum atomic E-state index is 13.0. The molecular weight excluding hydrogens is 611 g/mol. The number of rotatable bonds is 9. The summed E-state index contributed by atoms with van der Waals surface area (Å²) >= 11 is 13.3. The maximum absolute atomic E-state index is 13.0. The number of benzene rings is 3. The zero-order valence-electron chi connectivity index (χ0n) is 24.7. The highest BCUT2D eigenvalue weighted by Crippen LogP contribution is 2.41. The van der Waals surface area contributed by atoms with Crippen LogP contribution in [-0.4, -0.2) is 57.5 Å². The zero-order valence-corrected chi connectivity index (χ0v) is 27.0. The van der Waals surface area contributed by atoms with E-state index in [4.69, 9.17) is 27.9 Å². The molecule has 1 heterocycles. The van der Waals surface area contributed by atoms with E-state index in [9.17, 15) is 18.0 Å². The van der Waals surface area contributed by atoms with Crippen molar-refractivity contribution >= 4 is 56.1 Å². The van der Waals surface area contributed by atoms with E-state index in [0.717, 1.165) is 27.6 Å². The van der Waals surface area contributed by atoms with Crippen LogP contribution in [-0.2, 0) is 16.4 Å². The summed E-state index contributed by atoms with van der Waals surface area (Å²) in [5.41, 5.74) is 3.79. The standard InChI is InChI=1S/C31H34Cl2N4O5S/c1-17-9-7-8-10-27(17)43(40,41)36-30(38)20-11-12-22(26(15-20)42-6)19(3)28-23-14-21(13-18(2)34-31(39)37(4)5)24(32)16-25(23)35-29(28)33/h7-12,14-16,18-19,35H,13H2,1-6H3,(H,34,39)(H,36,38). The van der Waals surface area contributed by atoms with Gasteiger partial charge in [0, 0.05) is 58.7 Å². The number of H-pyrrole nitrogens is 1. The summed E-state index contributed by atoms with van der Waals surface area (Å²) in [5.74, 6) is -0.669. The number of aromatic amines is 1. The van der Waals surface area contributed by atoms with Crippen LogP contribution in [0.4, 0.5) is 4.79 Å². The molecule has 0 saturated carbocycles. The largest absolute Gasteiger partial charge is 0.496 e. The molecule has 2 atom stereocenters. The zero-order chi connectivity index (χ0) is 31.6. The monoisotopic (exact) mass is 644 g/mol. The summed E-state index contributed by atoms with van der Waals surface area (Å²) in [6.45, 7) is 5.53. The van der Waals surface area contributed by atoms with Crippen molar-refractivity contribution in [3.8, 4) is 5.75 Å². The minimum Gasteiger partial charge on any atom is -0.496 e. The highest BCUT2D eigenvalue weighted by atomic mass is 35.5. The highest BCUT2D eigenvalue weighted by Gasteiger charge is 2.25. The average molecular weight is 646 g/mol. The number of carbonyl (C=O) groups excluding carboxylic acids is 2. The Hall–Kier alpha value is -3.73. The van der Waals surface area contributed by atoms with Gasteiger partial charge in [0.05, 0.1) is 12.0 Å². The number of methoxy groups -OCH3 is 1. The van der Waals surface area contributed by atoms with Crippen molar-refractivity contribution in [1.82, 2.24) is 19.9 Å². The lowest BCUT2D eigenvalue weighted by Crippen LogP contribution is -2.40. The molecule has 3 amide bonds. The topological polar surface area (TPSA) is 121 Å². The molecule has 0 fully saturated rings. The van der Waals surface area contributed by atoms with Crippen LogP contribution >= 0.6 is 23.2 Å². The number of nitrogens with zero attached hydrogens (tertiary/aromatic N) is 1. The van der Waals surface area contributed by atoms with E-state index in [-0.39, 0.29) is 28.4 Å². The van der Waals surface area contributed by atoms with Crippen LogP contribution in [0.15, 0.2) is 59.5 Å². The molecule has 3 N–H and O–H groups in total. The van der Waals surface area contributed by atoms with Crippen molar-refractivity contribution in [2.45, 2.75) is 44.0 Å². The Bertz CT molecular complexity index is 1800. The fourth-order valence-corrected chi connectivity index (χ4v) is 6.84. The minimum atomic E-state index is -4.08. The number of halogens is 2. The smallest absolute Gasteiger partial charge is 0.317 e. The van der Waals surface area contributed by atoms with E-state index in [0.29, 0.717) is 27.9 Å². The molecule has 9 nitrogen and oxygen atoms in total. The van der Waals surface area contributed by atoms with E-state index >= 15 is 0 Å². The Kier molecular flexibility index (Phi) is 9.63. The van der Waals surface area contributed by atoms with Gasteiger partial charge in [-0.05, 0) is 61.7 Å². The Morgan fingerprint density at radius 2 is 1.74 bits per heavy atom. The fourth-order valence-electron chi connectivity index (χ4n) is 5.01. The number of sulfonamides is 1. The van der Waals surface area contributed by atoms with E-state index in [1.54, 1.807) is 51.4 Å². The van der Waals surface area contributed by atoms with Crippen LogP contribution in [0.5, 0.6) is 5.75 Å². The molecule has 2 unspecified atom stereocenters. The maximum Gasteiger partial charge on any atom is 0.317 e. The lowest BCUT2D eigenvalue weighted by atomic mass is 9.90. The molecule has 228 valence electrons. The normalized spacial score (nSPS) is 12.9. The third-order valence-electron chi connectivity index (χ3n) is 7.27. The van der Waals surface area contributed by atoms with Crippen LogP contribution in [0, 0.1) is 6.92 Å². The molecule has 4 aromatic rings. The SMILES string of the molecule is COc1cc(C(=O)NS(=O)(=O)c2ccccc2C)ccc1C(C)c1c(Cl)[nH]c2cc(Cl)c(CC(C)NC(=O)N(C)C)cc12. The van der Waals surface area contributed by atoms with Gasteiger partial charge in [0.15, 0.2) is 0 Å². The molecule has 1 aromatic heterocycles. The molecule has 0 aliphatic carbocycles. The van der Waals surface area contributed by atoms with Gasteiger partial charge in [-0.2, -0.15) is 0 Å². The van der Waals surface area contributed by atoms with Crippen LogP contribution in [0.25, 0.3) is 10.9 Å². The molecule has 0 aliphatic heterocycles. The summed E-state index contributed by atoms with van der Waals surface area (Å²) < 4.78 is 33.5. The number of urea groups is 1. The number of hydrogen-bond acceptors (Lipinski definition) is 5. The van der Waals surface area contributed by atoms with Crippen molar-refractivity contribution in [1.29, 1.82) is 0 Å². The Labute approximate surface area is 261 Å². The summed E-state index contributed by atoms with van der Waals surface area (Å²) in [4.78, 5) is 29.8. The molecule has 0 spiro atoms. The lowest BCUT2D eigenvalue weighted by molar-refractivity contribution is 0.0981. The number of carbonyl (C=O) groups is 2. The van der Waals surface area contributed by atoms with E-state index in [1.807, 2.05) is 26.0 Å².